The highest BCUT2D eigenvalue weighted by atomic mass is 16.6. The van der Waals surface area contributed by atoms with Crippen molar-refractivity contribution in [2.45, 2.75) is 65.9 Å². The van der Waals surface area contributed by atoms with Crippen molar-refractivity contribution >= 4 is 17.9 Å². The van der Waals surface area contributed by atoms with Gasteiger partial charge in [0, 0.05) is 6.07 Å². The first-order valence-electron chi connectivity index (χ1n) is 8.77. The molecule has 0 fully saturated rings. The molecule has 1 rings (SSSR count). The third-order valence-corrected chi connectivity index (χ3v) is 3.37. The van der Waals surface area contributed by atoms with E-state index in [2.05, 4.69) is 15.3 Å². The standard InChI is InChI=1S/C19H29N3O4/c1-12(2)14-10-15(22-16(13(3)4)17(14)21-11-23)25-9-8-20-18(24)26-19(5,6)7/h10,12-13H,8-9H2,1-7H3,(H,20,24). The summed E-state index contributed by atoms with van der Waals surface area (Å²) in [5, 5.41) is 2.63. The Labute approximate surface area is 155 Å². The van der Waals surface area contributed by atoms with E-state index >= 15 is 0 Å². The van der Waals surface area contributed by atoms with Gasteiger partial charge in [0.25, 0.3) is 0 Å². The molecule has 1 amide bonds. The number of alkyl carbamates (subject to hydrolysis) is 1. The normalized spacial score (nSPS) is 11.3. The second-order valence-electron chi connectivity index (χ2n) is 7.57. The molecule has 7 nitrogen and oxygen atoms in total. The van der Waals surface area contributed by atoms with Gasteiger partial charge in [-0.15, -0.1) is 0 Å². The number of aliphatic imine (C=N–C) groups is 1. The monoisotopic (exact) mass is 363 g/mol. The van der Waals surface area contributed by atoms with E-state index in [4.69, 9.17) is 9.47 Å². The number of nitrogens with zero attached hydrogens (tertiary/aromatic N) is 2. The number of hydrogen-bond donors (Lipinski definition) is 1. The van der Waals surface area contributed by atoms with Crippen molar-refractivity contribution in [1.29, 1.82) is 0 Å². The van der Waals surface area contributed by atoms with Crippen LogP contribution in [0.25, 0.3) is 0 Å². The maximum Gasteiger partial charge on any atom is 0.407 e. The molecular weight excluding hydrogens is 334 g/mol. The van der Waals surface area contributed by atoms with Crippen molar-refractivity contribution in [3.05, 3.63) is 17.3 Å². The lowest BCUT2D eigenvalue weighted by Gasteiger charge is -2.20. The molecule has 1 aromatic rings. The Hall–Kier alpha value is -2.40. The molecule has 1 N–H and O–H groups in total. The number of aromatic nitrogens is 1. The Morgan fingerprint density at radius 3 is 2.42 bits per heavy atom. The molecule has 0 bridgehead atoms. The van der Waals surface area contributed by atoms with Gasteiger partial charge in [0.15, 0.2) is 0 Å². The Bertz CT molecular complexity index is 643. The fourth-order valence-electron chi connectivity index (χ4n) is 2.26. The average molecular weight is 363 g/mol. The van der Waals surface area contributed by atoms with Crippen molar-refractivity contribution in [1.82, 2.24) is 10.3 Å². The van der Waals surface area contributed by atoms with Gasteiger partial charge in [-0.25, -0.2) is 14.6 Å². The number of pyridine rings is 1. The number of carbonyl (C=O) groups is 1. The maximum atomic E-state index is 11.6. The van der Waals surface area contributed by atoms with E-state index in [1.54, 1.807) is 32.9 Å². The van der Waals surface area contributed by atoms with Gasteiger partial charge in [-0.2, -0.15) is 4.99 Å². The third-order valence-electron chi connectivity index (χ3n) is 3.37. The molecule has 1 heterocycles. The molecule has 7 heteroatoms. The fourth-order valence-corrected chi connectivity index (χ4v) is 2.26. The molecule has 0 atom stereocenters. The summed E-state index contributed by atoms with van der Waals surface area (Å²) in [5.74, 6) is 0.654. The first kappa shape index (κ1) is 21.6. The van der Waals surface area contributed by atoms with Gasteiger partial charge in [0.1, 0.15) is 17.9 Å². The number of isocyanates is 1. The molecule has 1 aromatic heterocycles. The molecule has 0 aliphatic heterocycles. The molecule has 0 unspecified atom stereocenters. The Kier molecular flexibility index (Phi) is 7.77. The van der Waals surface area contributed by atoms with Crippen LogP contribution in [0.5, 0.6) is 5.88 Å². The van der Waals surface area contributed by atoms with Gasteiger partial charge in [-0.05, 0) is 38.2 Å². The molecule has 0 aliphatic rings. The summed E-state index contributed by atoms with van der Waals surface area (Å²) in [5.41, 5.74) is 1.58. The summed E-state index contributed by atoms with van der Waals surface area (Å²) in [6.07, 6.45) is 1.12. The summed E-state index contributed by atoms with van der Waals surface area (Å²) in [6.45, 7) is 13.9. The lowest BCUT2D eigenvalue weighted by Crippen LogP contribution is -2.34. The fraction of sp³-hybridized carbons (Fsp3) is 0.632. The minimum atomic E-state index is -0.542. The molecule has 0 saturated carbocycles. The van der Waals surface area contributed by atoms with E-state index < -0.39 is 11.7 Å². The zero-order chi connectivity index (χ0) is 19.9. The summed E-state index contributed by atoms with van der Waals surface area (Å²) >= 11 is 0. The number of hydrogen-bond acceptors (Lipinski definition) is 6. The van der Waals surface area contributed by atoms with Gasteiger partial charge in [-0.3, -0.25) is 0 Å². The van der Waals surface area contributed by atoms with Crippen molar-refractivity contribution < 1.29 is 19.1 Å². The van der Waals surface area contributed by atoms with Crippen LogP contribution in [0, 0.1) is 0 Å². The maximum absolute atomic E-state index is 11.6. The van der Waals surface area contributed by atoms with Crippen LogP contribution >= 0.6 is 0 Å². The van der Waals surface area contributed by atoms with Crippen LogP contribution in [0.4, 0.5) is 10.5 Å². The van der Waals surface area contributed by atoms with Gasteiger partial charge in [0.2, 0.25) is 12.0 Å². The molecule has 144 valence electrons. The van der Waals surface area contributed by atoms with E-state index in [9.17, 15) is 9.59 Å². The summed E-state index contributed by atoms with van der Waals surface area (Å²) in [4.78, 5) is 30.7. The molecule has 0 aliphatic carbocycles. The number of rotatable bonds is 7. The highest BCUT2D eigenvalue weighted by molar-refractivity contribution is 5.67. The van der Waals surface area contributed by atoms with Crippen LogP contribution in [0.1, 0.15) is 71.6 Å². The second kappa shape index (κ2) is 9.34. The molecule has 0 spiro atoms. The topological polar surface area (TPSA) is 89.9 Å². The van der Waals surface area contributed by atoms with Crippen molar-refractivity contribution in [2.75, 3.05) is 13.2 Å². The highest BCUT2D eigenvalue weighted by Crippen LogP contribution is 2.35. The quantitative estimate of drug-likeness (QED) is 0.445. The van der Waals surface area contributed by atoms with E-state index in [-0.39, 0.29) is 18.4 Å². The molecule has 0 radical (unpaired) electrons. The van der Waals surface area contributed by atoms with Gasteiger partial charge >= 0.3 is 6.09 Å². The van der Waals surface area contributed by atoms with Crippen LogP contribution in [0.2, 0.25) is 0 Å². The lowest BCUT2D eigenvalue weighted by molar-refractivity contribution is 0.0520. The number of carbonyl (C=O) groups excluding carboxylic acids is 2. The van der Waals surface area contributed by atoms with Gasteiger partial charge < -0.3 is 14.8 Å². The van der Waals surface area contributed by atoms with Crippen molar-refractivity contribution in [2.24, 2.45) is 4.99 Å². The van der Waals surface area contributed by atoms with Crippen LogP contribution in [-0.2, 0) is 9.53 Å². The zero-order valence-corrected chi connectivity index (χ0v) is 16.7. The smallest absolute Gasteiger partial charge is 0.407 e. The Balaban J connectivity index is 2.84. The van der Waals surface area contributed by atoms with Crippen LogP contribution in [-0.4, -0.2) is 35.9 Å². The van der Waals surface area contributed by atoms with Crippen LogP contribution < -0.4 is 10.1 Å². The number of amides is 1. The van der Waals surface area contributed by atoms with E-state index in [1.807, 2.05) is 27.7 Å². The van der Waals surface area contributed by atoms with E-state index in [0.29, 0.717) is 23.8 Å². The van der Waals surface area contributed by atoms with Crippen molar-refractivity contribution in [3.63, 3.8) is 0 Å². The molecule has 0 saturated heterocycles. The van der Waals surface area contributed by atoms with Crippen LogP contribution in [0.3, 0.4) is 0 Å². The highest BCUT2D eigenvalue weighted by Gasteiger charge is 2.18. The molecular formula is C19H29N3O4. The minimum absolute atomic E-state index is 0.0723. The van der Waals surface area contributed by atoms with E-state index in [0.717, 1.165) is 5.56 Å². The molecule has 0 aromatic carbocycles. The second-order valence-corrected chi connectivity index (χ2v) is 7.57. The first-order chi connectivity index (χ1) is 12.0. The Morgan fingerprint density at radius 2 is 1.92 bits per heavy atom. The van der Waals surface area contributed by atoms with Crippen molar-refractivity contribution in [3.8, 4) is 5.88 Å². The SMILES string of the molecule is CC(C)c1cc(OCCNC(=O)OC(C)(C)C)nc(C(C)C)c1N=C=O. The minimum Gasteiger partial charge on any atom is -0.476 e. The summed E-state index contributed by atoms with van der Waals surface area (Å²) in [6, 6.07) is 1.78. The lowest BCUT2D eigenvalue weighted by atomic mass is 9.97. The van der Waals surface area contributed by atoms with Gasteiger partial charge in [0.05, 0.1) is 12.2 Å². The van der Waals surface area contributed by atoms with Gasteiger partial charge in [-0.1, -0.05) is 27.7 Å². The predicted molar refractivity (Wildman–Crippen MR) is 99.9 cm³/mol. The van der Waals surface area contributed by atoms with Crippen LogP contribution in [0.15, 0.2) is 11.1 Å². The molecule has 26 heavy (non-hydrogen) atoms. The predicted octanol–water partition coefficient (Wildman–Crippen LogP) is 4.20. The third kappa shape index (κ3) is 6.84. The number of ether oxygens (including phenoxy) is 2. The zero-order valence-electron chi connectivity index (χ0n) is 16.7. The first-order valence-corrected chi connectivity index (χ1v) is 8.77. The Morgan fingerprint density at radius 1 is 1.27 bits per heavy atom. The van der Waals surface area contributed by atoms with E-state index in [1.165, 1.54) is 0 Å². The summed E-state index contributed by atoms with van der Waals surface area (Å²) < 4.78 is 10.8. The summed E-state index contributed by atoms with van der Waals surface area (Å²) in [7, 11) is 0. The average Bonchev–Trinajstić information content (AvgIpc) is 2.50. The number of nitrogens with one attached hydrogen (secondary N) is 1. The largest absolute Gasteiger partial charge is 0.476 e.